The lowest BCUT2D eigenvalue weighted by Crippen LogP contribution is -2.17. The molecule has 0 aliphatic rings. The summed E-state index contributed by atoms with van der Waals surface area (Å²) < 4.78 is 11.9. The minimum atomic E-state index is -0.510. The molecular formula is C12H21N3O3. The molecule has 1 atom stereocenters. The average molecular weight is 255 g/mol. The van der Waals surface area contributed by atoms with Gasteiger partial charge >= 0.3 is 5.97 Å². The number of nitrogens with zero attached hydrogens (tertiary/aromatic N) is 2. The van der Waals surface area contributed by atoms with Crippen LogP contribution in [0.1, 0.15) is 43.1 Å². The highest BCUT2D eigenvalue weighted by Crippen LogP contribution is 2.22. The number of carbonyl (C=O) groups is 1. The van der Waals surface area contributed by atoms with Crippen molar-refractivity contribution in [1.82, 2.24) is 9.55 Å². The zero-order valence-electron chi connectivity index (χ0n) is 11.4. The molecule has 1 aromatic rings. The minimum Gasteiger partial charge on any atom is -0.464 e. The number of rotatable bonds is 6. The Labute approximate surface area is 107 Å². The van der Waals surface area contributed by atoms with Crippen LogP contribution in [-0.2, 0) is 15.9 Å². The third-order valence-electron chi connectivity index (χ3n) is 2.72. The van der Waals surface area contributed by atoms with Gasteiger partial charge in [0.25, 0.3) is 0 Å². The summed E-state index contributed by atoms with van der Waals surface area (Å²) in [5.41, 5.74) is 6.15. The predicted octanol–water partition coefficient (Wildman–Crippen LogP) is 1.41. The third kappa shape index (κ3) is 2.81. The highest BCUT2D eigenvalue weighted by Gasteiger charge is 2.22. The largest absolute Gasteiger partial charge is 0.464 e. The van der Waals surface area contributed by atoms with E-state index in [9.17, 15) is 4.79 Å². The first-order valence-electron chi connectivity index (χ1n) is 6.09. The van der Waals surface area contributed by atoms with E-state index in [2.05, 4.69) is 9.72 Å². The van der Waals surface area contributed by atoms with E-state index in [4.69, 9.17) is 10.5 Å². The third-order valence-corrected chi connectivity index (χ3v) is 2.72. The molecule has 1 unspecified atom stereocenters. The van der Waals surface area contributed by atoms with Gasteiger partial charge in [-0.1, -0.05) is 6.92 Å². The first kappa shape index (κ1) is 14.5. The van der Waals surface area contributed by atoms with Crippen molar-refractivity contribution in [2.24, 2.45) is 0 Å². The number of hydrogen-bond donors (Lipinski definition) is 1. The number of aryl methyl sites for hydroxylation is 1. The van der Waals surface area contributed by atoms with E-state index >= 15 is 0 Å². The fourth-order valence-electron chi connectivity index (χ4n) is 1.84. The summed E-state index contributed by atoms with van der Waals surface area (Å²) in [6.45, 7) is 7.06. The molecule has 0 fully saturated rings. The molecule has 18 heavy (non-hydrogen) atoms. The second-order valence-corrected chi connectivity index (χ2v) is 3.99. The van der Waals surface area contributed by atoms with Crippen LogP contribution in [-0.4, -0.2) is 35.8 Å². The van der Waals surface area contributed by atoms with Crippen molar-refractivity contribution in [2.45, 2.75) is 33.2 Å². The molecule has 1 heterocycles. The summed E-state index contributed by atoms with van der Waals surface area (Å²) in [5.74, 6) is 0.593. The molecule has 0 saturated carbocycles. The van der Waals surface area contributed by atoms with E-state index in [0.29, 0.717) is 25.5 Å². The number of anilines is 1. The van der Waals surface area contributed by atoms with Crippen LogP contribution in [0.25, 0.3) is 0 Å². The zero-order valence-corrected chi connectivity index (χ0v) is 11.4. The molecule has 0 radical (unpaired) electrons. The molecule has 0 bridgehead atoms. The van der Waals surface area contributed by atoms with Crippen molar-refractivity contribution in [3.05, 3.63) is 11.5 Å². The quantitative estimate of drug-likeness (QED) is 0.777. The van der Waals surface area contributed by atoms with Crippen LogP contribution in [0.15, 0.2) is 0 Å². The topological polar surface area (TPSA) is 79.4 Å². The Bertz CT molecular complexity index is 415. The van der Waals surface area contributed by atoms with Crippen LogP contribution in [0.4, 0.5) is 5.82 Å². The Morgan fingerprint density at radius 2 is 2.17 bits per heavy atom. The van der Waals surface area contributed by atoms with Gasteiger partial charge in [0.15, 0.2) is 5.69 Å². The summed E-state index contributed by atoms with van der Waals surface area (Å²) in [6.07, 6.45) is 0.692. The zero-order chi connectivity index (χ0) is 13.7. The second-order valence-electron chi connectivity index (χ2n) is 3.99. The molecule has 0 aromatic carbocycles. The second kappa shape index (κ2) is 6.39. The molecule has 0 spiro atoms. The van der Waals surface area contributed by atoms with Crippen molar-refractivity contribution < 1.29 is 14.3 Å². The number of carbonyl (C=O) groups excluding carboxylic acids is 1. The predicted molar refractivity (Wildman–Crippen MR) is 68.6 cm³/mol. The summed E-state index contributed by atoms with van der Waals surface area (Å²) in [5, 5.41) is 0. The van der Waals surface area contributed by atoms with Crippen LogP contribution in [0.2, 0.25) is 0 Å². The number of nitrogen functional groups attached to an aromatic ring is 1. The van der Waals surface area contributed by atoms with Gasteiger partial charge in [-0.05, 0) is 13.8 Å². The summed E-state index contributed by atoms with van der Waals surface area (Å²) in [4.78, 5) is 15.8. The molecule has 0 saturated heterocycles. The highest BCUT2D eigenvalue weighted by atomic mass is 16.5. The van der Waals surface area contributed by atoms with Gasteiger partial charge in [0, 0.05) is 13.0 Å². The molecule has 0 aliphatic carbocycles. The number of methoxy groups -OCH3 is 1. The monoisotopic (exact) mass is 255 g/mol. The van der Waals surface area contributed by atoms with Crippen LogP contribution in [0.3, 0.4) is 0 Å². The Morgan fingerprint density at radius 1 is 1.50 bits per heavy atom. The number of ether oxygens (including phenoxy) is 2. The normalized spacial score (nSPS) is 12.4. The standard InChI is InChI=1S/C12H21N3O3/c1-5-9-14-10(12(16)17-4)11(13)15(9)8(3)7-18-6-2/h8H,5-7,13H2,1-4H3. The first-order valence-corrected chi connectivity index (χ1v) is 6.09. The maximum atomic E-state index is 11.5. The van der Waals surface area contributed by atoms with Gasteiger partial charge in [0.05, 0.1) is 19.8 Å². The molecule has 0 aliphatic heterocycles. The summed E-state index contributed by atoms with van der Waals surface area (Å²) in [6, 6.07) is 0.0332. The van der Waals surface area contributed by atoms with Crippen molar-refractivity contribution in [3.63, 3.8) is 0 Å². The van der Waals surface area contributed by atoms with Gasteiger partial charge in [0.1, 0.15) is 11.6 Å². The van der Waals surface area contributed by atoms with Crippen LogP contribution >= 0.6 is 0 Å². The van der Waals surface area contributed by atoms with Crippen molar-refractivity contribution in [2.75, 3.05) is 26.1 Å². The summed E-state index contributed by atoms with van der Waals surface area (Å²) in [7, 11) is 1.32. The first-order chi connectivity index (χ1) is 8.56. The molecule has 1 aromatic heterocycles. The lowest BCUT2D eigenvalue weighted by Gasteiger charge is -2.17. The van der Waals surface area contributed by atoms with Gasteiger partial charge < -0.3 is 19.8 Å². The maximum absolute atomic E-state index is 11.5. The average Bonchev–Trinajstić information content (AvgIpc) is 2.72. The molecule has 0 amide bonds. The van der Waals surface area contributed by atoms with E-state index < -0.39 is 5.97 Å². The lowest BCUT2D eigenvalue weighted by atomic mass is 10.3. The van der Waals surface area contributed by atoms with Crippen LogP contribution in [0.5, 0.6) is 0 Å². The van der Waals surface area contributed by atoms with E-state index in [1.54, 1.807) is 0 Å². The van der Waals surface area contributed by atoms with Crippen LogP contribution < -0.4 is 5.73 Å². The van der Waals surface area contributed by atoms with Crippen molar-refractivity contribution in [3.8, 4) is 0 Å². The Kier molecular flexibility index (Phi) is 5.15. The smallest absolute Gasteiger partial charge is 0.360 e. The number of nitrogens with two attached hydrogens (primary N) is 1. The summed E-state index contributed by atoms with van der Waals surface area (Å²) >= 11 is 0. The Hall–Kier alpha value is -1.56. The van der Waals surface area contributed by atoms with E-state index in [-0.39, 0.29) is 11.7 Å². The number of aromatic nitrogens is 2. The van der Waals surface area contributed by atoms with E-state index in [0.717, 1.165) is 5.82 Å². The molecule has 6 nitrogen and oxygen atoms in total. The number of hydrogen-bond acceptors (Lipinski definition) is 5. The van der Waals surface area contributed by atoms with Crippen molar-refractivity contribution >= 4 is 11.8 Å². The fraction of sp³-hybridized carbons (Fsp3) is 0.667. The minimum absolute atomic E-state index is 0.0332. The number of imidazole rings is 1. The number of esters is 1. The van der Waals surface area contributed by atoms with Gasteiger partial charge in [-0.2, -0.15) is 0 Å². The molecular weight excluding hydrogens is 234 g/mol. The van der Waals surface area contributed by atoms with Gasteiger partial charge in [0.2, 0.25) is 0 Å². The molecule has 1 rings (SSSR count). The lowest BCUT2D eigenvalue weighted by molar-refractivity contribution is 0.0595. The SMILES string of the molecule is CCOCC(C)n1c(CC)nc(C(=O)OC)c1N. The van der Waals surface area contributed by atoms with Crippen molar-refractivity contribution in [1.29, 1.82) is 0 Å². The molecule has 6 heteroatoms. The Balaban J connectivity index is 3.09. The van der Waals surface area contributed by atoms with Crippen LogP contribution in [0, 0.1) is 0 Å². The molecule has 102 valence electrons. The molecule has 2 N–H and O–H groups in total. The fourth-order valence-corrected chi connectivity index (χ4v) is 1.84. The maximum Gasteiger partial charge on any atom is 0.360 e. The van der Waals surface area contributed by atoms with Gasteiger partial charge in [-0.25, -0.2) is 9.78 Å². The highest BCUT2D eigenvalue weighted by molar-refractivity contribution is 5.92. The van der Waals surface area contributed by atoms with Gasteiger partial charge in [-0.3, -0.25) is 0 Å². The van der Waals surface area contributed by atoms with E-state index in [1.807, 2.05) is 25.3 Å². The Morgan fingerprint density at radius 3 is 2.67 bits per heavy atom. The van der Waals surface area contributed by atoms with E-state index in [1.165, 1.54) is 7.11 Å². The van der Waals surface area contributed by atoms with Gasteiger partial charge in [-0.15, -0.1) is 0 Å².